The lowest BCUT2D eigenvalue weighted by molar-refractivity contribution is 0.375. The number of nitrogens with one attached hydrogen (secondary N) is 1. The first-order valence-electron chi connectivity index (χ1n) is 7.56. The van der Waals surface area contributed by atoms with E-state index in [2.05, 4.69) is 26.1 Å². The lowest BCUT2D eigenvalue weighted by Gasteiger charge is -2.32. The summed E-state index contributed by atoms with van der Waals surface area (Å²) in [5, 5.41) is 12.4. The molecule has 3 nitrogen and oxygen atoms in total. The van der Waals surface area contributed by atoms with Crippen molar-refractivity contribution in [3.05, 3.63) is 28.0 Å². The topological polar surface area (TPSA) is 39.1 Å². The summed E-state index contributed by atoms with van der Waals surface area (Å²) in [4.78, 5) is 2.21. The van der Waals surface area contributed by atoms with Crippen LogP contribution in [0.5, 0.6) is 0 Å². The first-order valence-corrected chi connectivity index (χ1v) is 8.35. The van der Waals surface area contributed by atoms with Crippen LogP contribution in [0.25, 0.3) is 0 Å². The van der Waals surface area contributed by atoms with E-state index in [1.165, 1.54) is 12.8 Å². The van der Waals surface area contributed by atoms with Gasteiger partial charge in [-0.2, -0.15) is 5.26 Å². The predicted molar refractivity (Wildman–Crippen MR) is 84.8 cm³/mol. The fraction of sp³-hybridized carbons (Fsp3) is 0.562. The second kappa shape index (κ2) is 6.33. The zero-order valence-corrected chi connectivity index (χ0v) is 13.5. The van der Waals surface area contributed by atoms with Gasteiger partial charge in [0.2, 0.25) is 0 Å². The molecule has 1 saturated carbocycles. The quantitative estimate of drug-likeness (QED) is 0.903. The lowest BCUT2D eigenvalue weighted by atomic mass is 9.98. The highest BCUT2D eigenvalue weighted by atomic mass is 79.9. The summed E-state index contributed by atoms with van der Waals surface area (Å²) < 4.78 is 14.9. The number of nitriles is 1. The molecule has 0 bridgehead atoms. The second-order valence-corrected chi connectivity index (χ2v) is 6.76. The van der Waals surface area contributed by atoms with Gasteiger partial charge in [0.1, 0.15) is 6.07 Å². The van der Waals surface area contributed by atoms with Crippen LogP contribution in [0.2, 0.25) is 0 Å². The third-order valence-electron chi connectivity index (χ3n) is 4.33. The highest BCUT2D eigenvalue weighted by molar-refractivity contribution is 9.10. The molecule has 2 fully saturated rings. The average Bonchev–Trinajstić information content (AvgIpc) is 3.34. The molecule has 1 aliphatic carbocycles. The van der Waals surface area contributed by atoms with Crippen molar-refractivity contribution in [2.45, 2.75) is 31.7 Å². The first kappa shape index (κ1) is 14.8. The number of hydrogen-bond acceptors (Lipinski definition) is 3. The first-order chi connectivity index (χ1) is 10.2. The van der Waals surface area contributed by atoms with Crippen LogP contribution in [-0.2, 0) is 0 Å². The van der Waals surface area contributed by atoms with E-state index >= 15 is 0 Å². The number of benzene rings is 1. The van der Waals surface area contributed by atoms with E-state index in [-0.39, 0.29) is 10.3 Å². The Kier molecular flexibility index (Phi) is 4.46. The van der Waals surface area contributed by atoms with Gasteiger partial charge in [0.15, 0.2) is 5.82 Å². The van der Waals surface area contributed by atoms with Crippen LogP contribution in [0.4, 0.5) is 10.1 Å². The summed E-state index contributed by atoms with van der Waals surface area (Å²) in [6.07, 6.45) is 4.67. The summed E-state index contributed by atoms with van der Waals surface area (Å²) in [5.74, 6) is 0.276. The smallest absolute Gasteiger partial charge is 0.161 e. The van der Waals surface area contributed by atoms with Crippen LogP contribution in [0, 0.1) is 23.1 Å². The number of hydrogen-bond donors (Lipinski definition) is 1. The molecule has 1 unspecified atom stereocenters. The van der Waals surface area contributed by atoms with Gasteiger partial charge in [-0.25, -0.2) is 4.39 Å². The molecule has 2 aliphatic rings. The molecule has 1 heterocycles. The van der Waals surface area contributed by atoms with Crippen LogP contribution in [0.3, 0.4) is 0 Å². The Morgan fingerprint density at radius 1 is 1.38 bits per heavy atom. The zero-order valence-electron chi connectivity index (χ0n) is 11.9. The van der Waals surface area contributed by atoms with Crippen molar-refractivity contribution >= 4 is 21.6 Å². The van der Waals surface area contributed by atoms with E-state index in [1.807, 2.05) is 6.07 Å². The Hall–Kier alpha value is -1.12. The van der Waals surface area contributed by atoms with Crippen molar-refractivity contribution in [1.29, 1.82) is 5.26 Å². The number of halogens is 2. The van der Waals surface area contributed by atoms with Crippen molar-refractivity contribution < 1.29 is 4.39 Å². The van der Waals surface area contributed by atoms with E-state index < -0.39 is 0 Å². The van der Waals surface area contributed by atoms with E-state index in [9.17, 15) is 4.39 Å². The minimum Gasteiger partial charge on any atom is -0.366 e. The van der Waals surface area contributed by atoms with Crippen LogP contribution < -0.4 is 10.2 Å². The molecule has 1 aromatic carbocycles. The van der Waals surface area contributed by atoms with Gasteiger partial charge >= 0.3 is 0 Å². The minimum absolute atomic E-state index is 0.287. The standard InChI is InChI=1S/C16H19BrFN3/c17-15-12(8-19)3-6-14(16(15)18)21(13-4-5-13)10-11-2-1-7-20-9-11/h3,6,11,13,20H,1-2,4-5,7,9-10H2. The number of nitrogens with zero attached hydrogens (tertiary/aromatic N) is 2. The van der Waals surface area contributed by atoms with E-state index in [0.29, 0.717) is 23.2 Å². The molecule has 5 heteroatoms. The van der Waals surface area contributed by atoms with Crippen LogP contribution >= 0.6 is 15.9 Å². The summed E-state index contributed by atoms with van der Waals surface area (Å²) >= 11 is 3.22. The number of anilines is 1. The third-order valence-corrected chi connectivity index (χ3v) is 5.11. The Morgan fingerprint density at radius 2 is 2.19 bits per heavy atom. The summed E-state index contributed by atoms with van der Waals surface area (Å²) in [6.45, 7) is 3.01. The fourth-order valence-electron chi connectivity index (χ4n) is 3.04. The van der Waals surface area contributed by atoms with E-state index in [4.69, 9.17) is 5.26 Å². The molecule has 0 radical (unpaired) electrons. The van der Waals surface area contributed by atoms with Crippen molar-refractivity contribution in [2.24, 2.45) is 5.92 Å². The molecule has 0 amide bonds. The van der Waals surface area contributed by atoms with E-state index in [0.717, 1.165) is 32.5 Å². The highest BCUT2D eigenvalue weighted by Crippen LogP contribution is 2.37. The van der Waals surface area contributed by atoms with Crippen molar-refractivity contribution in [2.75, 3.05) is 24.5 Å². The highest BCUT2D eigenvalue weighted by Gasteiger charge is 2.33. The SMILES string of the molecule is N#Cc1ccc(N(CC2CCCNC2)C2CC2)c(F)c1Br. The molecule has 1 aliphatic heterocycles. The van der Waals surface area contributed by atoms with Gasteiger partial charge in [-0.1, -0.05) is 0 Å². The van der Waals surface area contributed by atoms with Crippen LogP contribution in [0.1, 0.15) is 31.2 Å². The molecule has 1 N–H and O–H groups in total. The Morgan fingerprint density at radius 3 is 2.81 bits per heavy atom. The van der Waals surface area contributed by atoms with Gasteiger partial charge in [0.25, 0.3) is 0 Å². The normalized spacial score (nSPS) is 21.9. The van der Waals surface area contributed by atoms with Gasteiger partial charge in [-0.05, 0) is 72.8 Å². The molecule has 0 spiro atoms. The van der Waals surface area contributed by atoms with Crippen molar-refractivity contribution in [3.63, 3.8) is 0 Å². The predicted octanol–water partition coefficient (Wildman–Crippen LogP) is 3.43. The maximum absolute atomic E-state index is 14.6. The molecule has 0 aromatic heterocycles. The van der Waals surface area contributed by atoms with Crippen molar-refractivity contribution in [3.8, 4) is 6.07 Å². The van der Waals surface area contributed by atoms with Crippen molar-refractivity contribution in [1.82, 2.24) is 5.32 Å². The number of piperidine rings is 1. The average molecular weight is 352 g/mol. The molecule has 1 saturated heterocycles. The molecule has 21 heavy (non-hydrogen) atoms. The molecular formula is C16H19BrFN3. The zero-order chi connectivity index (χ0) is 14.8. The maximum Gasteiger partial charge on any atom is 0.161 e. The van der Waals surface area contributed by atoms with Gasteiger partial charge < -0.3 is 10.2 Å². The third kappa shape index (κ3) is 3.22. The van der Waals surface area contributed by atoms with Gasteiger partial charge in [-0.3, -0.25) is 0 Å². The summed E-state index contributed by atoms with van der Waals surface area (Å²) in [6, 6.07) is 5.94. The minimum atomic E-state index is -0.301. The Balaban J connectivity index is 1.84. The van der Waals surface area contributed by atoms with Crippen LogP contribution in [0.15, 0.2) is 16.6 Å². The largest absolute Gasteiger partial charge is 0.366 e. The maximum atomic E-state index is 14.6. The lowest BCUT2D eigenvalue weighted by Crippen LogP contribution is -2.39. The molecule has 1 atom stereocenters. The van der Waals surface area contributed by atoms with Crippen LogP contribution in [-0.4, -0.2) is 25.7 Å². The fourth-order valence-corrected chi connectivity index (χ4v) is 3.46. The molecule has 112 valence electrons. The molecule has 1 aromatic rings. The monoisotopic (exact) mass is 351 g/mol. The van der Waals surface area contributed by atoms with Gasteiger partial charge in [-0.15, -0.1) is 0 Å². The second-order valence-electron chi connectivity index (χ2n) is 5.97. The van der Waals surface area contributed by atoms with Gasteiger partial charge in [0.05, 0.1) is 15.7 Å². The Labute approximate surface area is 133 Å². The Bertz CT molecular complexity index is 559. The number of rotatable bonds is 4. The summed E-state index contributed by atoms with van der Waals surface area (Å²) in [7, 11) is 0. The van der Waals surface area contributed by atoms with E-state index in [1.54, 1.807) is 12.1 Å². The molecule has 3 rings (SSSR count). The molecular weight excluding hydrogens is 333 g/mol. The van der Waals surface area contributed by atoms with Gasteiger partial charge in [0, 0.05) is 12.6 Å². The summed E-state index contributed by atoms with van der Waals surface area (Å²) in [5.41, 5.74) is 0.986.